The van der Waals surface area contributed by atoms with Crippen LogP contribution in [0.3, 0.4) is 0 Å². The van der Waals surface area contributed by atoms with Crippen molar-refractivity contribution < 1.29 is 25.8 Å². The van der Waals surface area contributed by atoms with Crippen molar-refractivity contribution in [3.05, 3.63) is 0 Å². The standard InChI is InChI=1S/C7H11F3O3S.C3H9N/c8-7(9,10)14(11,12)13-6-4-2-1-3-5-6;1-4(2)3/h6H,1-5H2;1-3H3. The van der Waals surface area contributed by atoms with Crippen molar-refractivity contribution in [3.63, 3.8) is 0 Å². The van der Waals surface area contributed by atoms with Crippen molar-refractivity contribution in [2.24, 2.45) is 0 Å². The van der Waals surface area contributed by atoms with E-state index in [2.05, 4.69) is 4.18 Å². The molecule has 18 heavy (non-hydrogen) atoms. The minimum absolute atomic E-state index is 0.384. The average Bonchev–Trinajstić information content (AvgIpc) is 2.15. The van der Waals surface area contributed by atoms with Crippen molar-refractivity contribution >= 4 is 10.1 Å². The first kappa shape index (κ1) is 17.7. The van der Waals surface area contributed by atoms with Crippen molar-refractivity contribution in [3.8, 4) is 0 Å². The zero-order valence-corrected chi connectivity index (χ0v) is 11.6. The van der Waals surface area contributed by atoms with Gasteiger partial charge in [-0.3, -0.25) is 4.18 Å². The summed E-state index contributed by atoms with van der Waals surface area (Å²) in [4.78, 5) is 2.00. The summed E-state index contributed by atoms with van der Waals surface area (Å²) in [6.45, 7) is 0. The number of rotatable bonds is 2. The number of nitrogens with zero attached hydrogens (tertiary/aromatic N) is 1. The van der Waals surface area contributed by atoms with Gasteiger partial charge in [-0.05, 0) is 34.0 Å². The lowest BCUT2D eigenvalue weighted by Gasteiger charge is -2.21. The molecular weight excluding hydrogens is 271 g/mol. The Morgan fingerprint density at radius 2 is 1.44 bits per heavy atom. The third-order valence-electron chi connectivity index (χ3n) is 2.10. The van der Waals surface area contributed by atoms with Gasteiger partial charge in [-0.2, -0.15) is 21.6 Å². The summed E-state index contributed by atoms with van der Waals surface area (Å²) in [6.07, 6.45) is 2.34. The second-order valence-corrected chi connectivity index (χ2v) is 6.16. The predicted molar refractivity (Wildman–Crippen MR) is 62.5 cm³/mol. The molecular formula is C10H20F3NO3S. The minimum atomic E-state index is -5.40. The Morgan fingerprint density at radius 3 is 1.78 bits per heavy atom. The molecule has 1 aliphatic carbocycles. The maximum absolute atomic E-state index is 11.9. The summed E-state index contributed by atoms with van der Waals surface area (Å²) in [5.41, 5.74) is -5.30. The van der Waals surface area contributed by atoms with Crippen LogP contribution in [0.25, 0.3) is 0 Å². The van der Waals surface area contributed by atoms with Gasteiger partial charge in [0.05, 0.1) is 6.10 Å². The molecule has 0 aromatic heterocycles. The maximum Gasteiger partial charge on any atom is 0.523 e. The summed E-state index contributed by atoms with van der Waals surface area (Å²) in [5.74, 6) is 0. The van der Waals surface area contributed by atoms with E-state index in [0.29, 0.717) is 12.8 Å². The molecule has 0 amide bonds. The van der Waals surface area contributed by atoms with E-state index in [-0.39, 0.29) is 0 Å². The summed E-state index contributed by atoms with van der Waals surface area (Å²) in [5, 5.41) is 0. The van der Waals surface area contributed by atoms with Gasteiger partial charge in [0.1, 0.15) is 0 Å². The van der Waals surface area contributed by atoms with Gasteiger partial charge in [0.25, 0.3) is 0 Å². The molecule has 8 heteroatoms. The molecule has 0 saturated heterocycles. The number of hydrogen-bond acceptors (Lipinski definition) is 4. The Morgan fingerprint density at radius 1 is 1.06 bits per heavy atom. The van der Waals surface area contributed by atoms with Crippen LogP contribution in [-0.4, -0.2) is 46.1 Å². The van der Waals surface area contributed by atoms with Crippen LogP contribution < -0.4 is 0 Å². The number of alkyl halides is 3. The van der Waals surface area contributed by atoms with Crippen LogP contribution in [0.5, 0.6) is 0 Å². The van der Waals surface area contributed by atoms with E-state index in [4.69, 9.17) is 0 Å². The van der Waals surface area contributed by atoms with Crippen molar-refractivity contribution in [1.29, 1.82) is 0 Å². The van der Waals surface area contributed by atoms with Gasteiger partial charge in [0.2, 0.25) is 0 Å². The van der Waals surface area contributed by atoms with Gasteiger partial charge in [-0.15, -0.1) is 0 Å². The van der Waals surface area contributed by atoms with E-state index in [1.807, 2.05) is 26.0 Å². The lowest BCUT2D eigenvalue weighted by Crippen LogP contribution is -2.31. The fourth-order valence-corrected chi connectivity index (χ4v) is 2.05. The van der Waals surface area contributed by atoms with Gasteiger partial charge in [-0.1, -0.05) is 19.3 Å². The topological polar surface area (TPSA) is 46.6 Å². The SMILES string of the molecule is CN(C)C.O=S(=O)(OC1CCCCC1)C(F)(F)F. The Labute approximate surface area is 106 Å². The van der Waals surface area contributed by atoms with E-state index >= 15 is 0 Å². The molecule has 0 aromatic rings. The quantitative estimate of drug-likeness (QED) is 0.579. The fraction of sp³-hybridized carbons (Fsp3) is 1.00. The molecule has 110 valence electrons. The highest BCUT2D eigenvalue weighted by molar-refractivity contribution is 7.87. The van der Waals surface area contributed by atoms with Crippen LogP contribution in [0.2, 0.25) is 0 Å². The van der Waals surface area contributed by atoms with Crippen molar-refractivity contribution in [2.45, 2.75) is 43.7 Å². The van der Waals surface area contributed by atoms with E-state index in [1.54, 1.807) is 0 Å². The summed E-state index contributed by atoms with van der Waals surface area (Å²) in [7, 11) is 0.603. The first-order valence-corrected chi connectivity index (χ1v) is 7.07. The molecule has 1 aliphatic rings. The molecule has 0 radical (unpaired) electrons. The first-order chi connectivity index (χ1) is 8.06. The monoisotopic (exact) mass is 291 g/mol. The van der Waals surface area contributed by atoms with Crippen molar-refractivity contribution in [1.82, 2.24) is 4.90 Å². The summed E-state index contributed by atoms with van der Waals surface area (Å²) >= 11 is 0. The molecule has 0 aliphatic heterocycles. The third-order valence-corrected chi connectivity index (χ3v) is 3.19. The highest BCUT2D eigenvalue weighted by Crippen LogP contribution is 2.29. The second kappa shape index (κ2) is 7.30. The number of halogens is 3. The fourth-order valence-electron chi connectivity index (χ4n) is 1.40. The molecule has 0 heterocycles. The Hall–Kier alpha value is -0.340. The molecule has 0 atom stereocenters. The first-order valence-electron chi connectivity index (χ1n) is 5.66. The molecule has 1 fully saturated rings. The molecule has 1 rings (SSSR count). The van der Waals surface area contributed by atoms with Crippen molar-refractivity contribution in [2.75, 3.05) is 21.1 Å². The molecule has 0 N–H and O–H groups in total. The van der Waals surface area contributed by atoms with E-state index in [1.165, 1.54) is 0 Å². The Kier molecular flexibility index (Phi) is 7.16. The highest BCUT2D eigenvalue weighted by atomic mass is 32.2. The molecule has 0 aromatic carbocycles. The molecule has 1 saturated carbocycles. The smallest absolute Gasteiger partial charge is 0.312 e. The Bertz CT molecular complexity index is 319. The molecule has 4 nitrogen and oxygen atoms in total. The van der Waals surface area contributed by atoms with Crippen LogP contribution in [0.1, 0.15) is 32.1 Å². The third kappa shape index (κ3) is 7.17. The number of hydrogen-bond donors (Lipinski definition) is 0. The molecule has 0 bridgehead atoms. The normalized spacial score (nSPS) is 18.4. The van der Waals surface area contributed by atoms with E-state index in [0.717, 1.165) is 19.3 Å². The minimum Gasteiger partial charge on any atom is -0.312 e. The summed E-state index contributed by atoms with van der Waals surface area (Å²) in [6, 6.07) is 0. The van der Waals surface area contributed by atoms with Gasteiger partial charge in [-0.25, -0.2) is 0 Å². The van der Waals surface area contributed by atoms with Crippen LogP contribution in [0, 0.1) is 0 Å². The highest BCUT2D eigenvalue weighted by Gasteiger charge is 2.48. The largest absolute Gasteiger partial charge is 0.523 e. The predicted octanol–water partition coefficient (Wildman–Crippen LogP) is 2.36. The molecule has 0 spiro atoms. The van der Waals surface area contributed by atoms with E-state index < -0.39 is 21.7 Å². The van der Waals surface area contributed by atoms with Crippen LogP contribution in [0.15, 0.2) is 0 Å². The van der Waals surface area contributed by atoms with Crippen LogP contribution in [0.4, 0.5) is 13.2 Å². The van der Waals surface area contributed by atoms with Crippen LogP contribution >= 0.6 is 0 Å². The zero-order chi connectivity index (χ0) is 14.4. The van der Waals surface area contributed by atoms with Crippen LogP contribution in [-0.2, 0) is 14.3 Å². The second-order valence-electron chi connectivity index (χ2n) is 4.60. The summed E-state index contributed by atoms with van der Waals surface area (Å²) < 4.78 is 60.9. The molecule has 0 unspecified atom stereocenters. The van der Waals surface area contributed by atoms with Gasteiger partial charge in [0, 0.05) is 0 Å². The average molecular weight is 291 g/mol. The lowest BCUT2D eigenvalue weighted by molar-refractivity contribution is -0.0584. The zero-order valence-electron chi connectivity index (χ0n) is 10.8. The lowest BCUT2D eigenvalue weighted by atomic mass is 9.98. The van der Waals surface area contributed by atoms with Gasteiger partial charge in [0.15, 0.2) is 0 Å². The Balaban J connectivity index is 0.000000631. The van der Waals surface area contributed by atoms with Gasteiger partial charge < -0.3 is 4.90 Å². The van der Waals surface area contributed by atoms with Gasteiger partial charge >= 0.3 is 15.6 Å². The van der Waals surface area contributed by atoms with E-state index in [9.17, 15) is 21.6 Å². The maximum atomic E-state index is 11.9.